The van der Waals surface area contributed by atoms with Gasteiger partial charge in [-0.2, -0.15) is 0 Å². The van der Waals surface area contributed by atoms with Crippen LogP contribution in [0.2, 0.25) is 0 Å². The SMILES string of the molecule is ClC(Cl)(Cl)Cl.[H-].[H-].[Mg+2]. The van der Waals surface area contributed by atoms with Gasteiger partial charge in [0.15, 0.2) is 0 Å². The number of rotatable bonds is 0. The van der Waals surface area contributed by atoms with E-state index in [-0.39, 0.29) is 25.9 Å². The Morgan fingerprint density at radius 2 is 1.00 bits per heavy atom. The van der Waals surface area contributed by atoms with Crippen molar-refractivity contribution in [1.29, 1.82) is 0 Å². The quantitative estimate of drug-likeness (QED) is 0.396. The Hall–Kier alpha value is 1.93. The molecule has 6 heavy (non-hydrogen) atoms. The molecule has 0 nitrogen and oxygen atoms in total. The number of alkyl halides is 4. The first-order chi connectivity index (χ1) is 2.00. The minimum atomic E-state index is -1.61. The molecule has 0 heterocycles. The second kappa shape index (κ2) is 3.87. The van der Waals surface area contributed by atoms with Crippen molar-refractivity contribution in [3.8, 4) is 0 Å². The van der Waals surface area contributed by atoms with Gasteiger partial charge in [-0.1, -0.05) is 46.4 Å². The van der Waals surface area contributed by atoms with Crippen molar-refractivity contribution in [2.75, 3.05) is 0 Å². The summed E-state index contributed by atoms with van der Waals surface area (Å²) in [5.74, 6) is 0. The van der Waals surface area contributed by atoms with Gasteiger partial charge < -0.3 is 2.85 Å². The summed E-state index contributed by atoms with van der Waals surface area (Å²) < 4.78 is -1.61. The summed E-state index contributed by atoms with van der Waals surface area (Å²) >= 11 is 19.3. The number of halogens is 4. The third-order valence-electron chi connectivity index (χ3n) is 0. The van der Waals surface area contributed by atoms with Crippen LogP contribution in [0.4, 0.5) is 0 Å². The van der Waals surface area contributed by atoms with Crippen LogP contribution >= 0.6 is 46.4 Å². The first kappa shape index (κ1) is 10.8. The Kier molecular flexibility index (Phi) is 6.99. The molecule has 0 rings (SSSR count). The van der Waals surface area contributed by atoms with Gasteiger partial charge in [0.1, 0.15) is 0 Å². The van der Waals surface area contributed by atoms with E-state index in [9.17, 15) is 0 Å². The van der Waals surface area contributed by atoms with Crippen LogP contribution in [0.15, 0.2) is 0 Å². The second-order valence-electron chi connectivity index (χ2n) is 0.429. The van der Waals surface area contributed by atoms with Crippen LogP contribution in [0.5, 0.6) is 0 Å². The minimum absolute atomic E-state index is 0. The van der Waals surface area contributed by atoms with E-state index >= 15 is 0 Å². The average Bonchev–Trinajstić information content (AvgIpc) is 0.722. The predicted molar refractivity (Wildman–Crippen MR) is 34.1 cm³/mol. The fourth-order valence-electron chi connectivity index (χ4n) is 0. The molecule has 0 aliphatic rings. The molecule has 0 saturated carbocycles. The summed E-state index contributed by atoms with van der Waals surface area (Å²) in [6.07, 6.45) is 0. The normalized spacial score (nSPS) is 10.0. The van der Waals surface area contributed by atoms with E-state index in [4.69, 9.17) is 46.4 Å². The molecule has 0 radical (unpaired) electrons. The van der Waals surface area contributed by atoms with E-state index in [1.165, 1.54) is 0 Å². The Morgan fingerprint density at radius 1 is 1.00 bits per heavy atom. The van der Waals surface area contributed by atoms with Crippen molar-refractivity contribution in [2.45, 2.75) is 3.25 Å². The van der Waals surface area contributed by atoms with E-state index in [1.54, 1.807) is 0 Å². The van der Waals surface area contributed by atoms with Crippen LogP contribution in [0.25, 0.3) is 0 Å². The molecular formula is CH2Cl4Mg. The second-order valence-corrected chi connectivity index (χ2v) is 3.86. The number of hydrogen-bond acceptors (Lipinski definition) is 0. The molecular weight excluding hydrogens is 178 g/mol. The van der Waals surface area contributed by atoms with Gasteiger partial charge in [-0.05, 0) is 0 Å². The molecule has 0 amide bonds. The average molecular weight is 180 g/mol. The first-order valence-electron chi connectivity index (χ1n) is 0.756. The summed E-state index contributed by atoms with van der Waals surface area (Å²) in [5, 5.41) is 0. The molecule has 0 aliphatic carbocycles. The van der Waals surface area contributed by atoms with E-state index in [2.05, 4.69) is 0 Å². The molecule has 0 aromatic carbocycles. The van der Waals surface area contributed by atoms with Crippen molar-refractivity contribution in [2.24, 2.45) is 0 Å². The zero-order chi connectivity index (χ0) is 4.50. The summed E-state index contributed by atoms with van der Waals surface area (Å²) in [6.45, 7) is 0. The number of hydrogen-bond donors (Lipinski definition) is 0. The van der Waals surface area contributed by atoms with Gasteiger partial charge in [0.05, 0.1) is 0 Å². The monoisotopic (exact) mass is 178 g/mol. The Balaban J connectivity index is -0.0000000267. The topological polar surface area (TPSA) is 0 Å². The zero-order valence-corrected chi connectivity index (χ0v) is 7.16. The largest absolute Gasteiger partial charge is 2.00 e. The molecule has 36 valence electrons. The van der Waals surface area contributed by atoms with Gasteiger partial charge in [0.25, 0.3) is 3.25 Å². The Bertz CT molecular complexity index is 29.5. The van der Waals surface area contributed by atoms with Crippen LogP contribution < -0.4 is 0 Å². The fraction of sp³-hybridized carbons (Fsp3) is 1.00. The minimum Gasteiger partial charge on any atom is -1.00 e. The molecule has 0 spiro atoms. The van der Waals surface area contributed by atoms with Crippen LogP contribution in [-0.2, 0) is 0 Å². The van der Waals surface area contributed by atoms with Gasteiger partial charge in [-0.25, -0.2) is 0 Å². The molecule has 0 aromatic heterocycles. The van der Waals surface area contributed by atoms with E-state index in [0.717, 1.165) is 0 Å². The molecule has 0 saturated heterocycles. The van der Waals surface area contributed by atoms with Crippen LogP contribution in [0.1, 0.15) is 2.85 Å². The van der Waals surface area contributed by atoms with E-state index in [0.29, 0.717) is 0 Å². The van der Waals surface area contributed by atoms with E-state index < -0.39 is 3.25 Å². The summed E-state index contributed by atoms with van der Waals surface area (Å²) in [6, 6.07) is 0. The van der Waals surface area contributed by atoms with Gasteiger partial charge in [-0.3, -0.25) is 0 Å². The van der Waals surface area contributed by atoms with Gasteiger partial charge in [0, 0.05) is 0 Å². The molecule has 0 bridgehead atoms. The zero-order valence-electron chi connectivity index (χ0n) is 4.72. The maximum Gasteiger partial charge on any atom is 2.00 e. The third-order valence-corrected chi connectivity index (χ3v) is 0. The maximum atomic E-state index is 4.83. The Labute approximate surface area is 75.2 Å². The van der Waals surface area contributed by atoms with Crippen LogP contribution in [-0.4, -0.2) is 26.3 Å². The molecule has 0 aliphatic heterocycles. The standard InChI is InChI=1S/CCl4.Mg.2H/c2-1(3,4)5;;;/q;+2;2*-1. The first-order valence-corrected chi connectivity index (χ1v) is 2.27. The van der Waals surface area contributed by atoms with Crippen LogP contribution in [0.3, 0.4) is 0 Å². The Morgan fingerprint density at radius 3 is 1.00 bits per heavy atom. The molecule has 0 N–H and O–H groups in total. The molecule has 0 atom stereocenters. The maximum absolute atomic E-state index is 4.83. The predicted octanol–water partition coefficient (Wildman–Crippen LogP) is 2.40. The summed E-state index contributed by atoms with van der Waals surface area (Å²) in [4.78, 5) is 0. The van der Waals surface area contributed by atoms with Crippen molar-refractivity contribution in [1.82, 2.24) is 0 Å². The van der Waals surface area contributed by atoms with E-state index in [1.807, 2.05) is 0 Å². The van der Waals surface area contributed by atoms with Gasteiger partial charge >= 0.3 is 23.1 Å². The molecule has 5 heteroatoms. The smallest absolute Gasteiger partial charge is 1.00 e. The van der Waals surface area contributed by atoms with Crippen molar-refractivity contribution in [3.63, 3.8) is 0 Å². The van der Waals surface area contributed by atoms with Crippen LogP contribution in [0, 0.1) is 0 Å². The summed E-state index contributed by atoms with van der Waals surface area (Å²) in [7, 11) is 0. The summed E-state index contributed by atoms with van der Waals surface area (Å²) in [5.41, 5.74) is 0. The van der Waals surface area contributed by atoms with Crippen molar-refractivity contribution < 1.29 is 2.85 Å². The van der Waals surface area contributed by atoms with Crippen molar-refractivity contribution in [3.05, 3.63) is 0 Å². The van der Waals surface area contributed by atoms with Gasteiger partial charge in [-0.15, -0.1) is 0 Å². The fourth-order valence-corrected chi connectivity index (χ4v) is 0. The van der Waals surface area contributed by atoms with Crippen molar-refractivity contribution >= 4 is 69.5 Å². The molecule has 0 fully saturated rings. The van der Waals surface area contributed by atoms with Gasteiger partial charge in [0.2, 0.25) is 0 Å². The third kappa shape index (κ3) is 38.8. The molecule has 0 unspecified atom stereocenters. The molecule has 0 aromatic rings.